The summed E-state index contributed by atoms with van der Waals surface area (Å²) in [5.41, 5.74) is 2.69. The molecule has 1 fully saturated rings. The van der Waals surface area contributed by atoms with Crippen molar-refractivity contribution in [3.8, 4) is 0 Å². The first-order chi connectivity index (χ1) is 12.1. The van der Waals surface area contributed by atoms with E-state index in [0.717, 1.165) is 37.2 Å². The molecule has 0 spiro atoms. The molecule has 0 bridgehead atoms. The predicted octanol–water partition coefficient (Wildman–Crippen LogP) is 3.62. The van der Waals surface area contributed by atoms with Crippen LogP contribution >= 0.6 is 0 Å². The van der Waals surface area contributed by atoms with Crippen molar-refractivity contribution in [2.24, 2.45) is 0 Å². The van der Waals surface area contributed by atoms with Gasteiger partial charge in [0.2, 0.25) is 0 Å². The molecule has 25 heavy (non-hydrogen) atoms. The maximum absolute atomic E-state index is 12.6. The zero-order valence-electron chi connectivity index (χ0n) is 14.1. The highest BCUT2D eigenvalue weighted by molar-refractivity contribution is 5.95. The highest BCUT2D eigenvalue weighted by atomic mass is 16.4. The van der Waals surface area contributed by atoms with E-state index in [4.69, 9.17) is 5.11 Å². The molecular formula is C20H22N2O3. The van der Waals surface area contributed by atoms with E-state index in [-0.39, 0.29) is 11.5 Å². The van der Waals surface area contributed by atoms with Crippen molar-refractivity contribution in [1.29, 1.82) is 0 Å². The fraction of sp³-hybridized carbons (Fsp3) is 0.300. The van der Waals surface area contributed by atoms with Crippen LogP contribution in [0.25, 0.3) is 0 Å². The minimum Gasteiger partial charge on any atom is -0.478 e. The molecule has 2 aromatic carbocycles. The zero-order chi connectivity index (χ0) is 17.6. The molecule has 0 unspecified atom stereocenters. The summed E-state index contributed by atoms with van der Waals surface area (Å²) in [6.07, 6.45) is 3.34. The number of anilines is 1. The molecule has 1 heterocycles. The highest BCUT2D eigenvalue weighted by Crippen LogP contribution is 2.17. The van der Waals surface area contributed by atoms with E-state index in [9.17, 15) is 9.59 Å². The first-order valence-electron chi connectivity index (χ1n) is 8.59. The van der Waals surface area contributed by atoms with Gasteiger partial charge in [0.05, 0.1) is 5.56 Å². The fourth-order valence-corrected chi connectivity index (χ4v) is 3.06. The molecule has 5 nitrogen and oxygen atoms in total. The Kier molecular flexibility index (Phi) is 5.33. The molecule has 0 atom stereocenters. The Balaban J connectivity index is 1.66. The van der Waals surface area contributed by atoms with Crippen LogP contribution in [-0.2, 0) is 6.54 Å². The molecule has 0 aromatic heterocycles. The molecule has 3 rings (SSSR count). The maximum Gasteiger partial charge on any atom is 0.335 e. The van der Waals surface area contributed by atoms with Crippen LogP contribution in [0.15, 0.2) is 48.5 Å². The van der Waals surface area contributed by atoms with Gasteiger partial charge < -0.3 is 15.3 Å². The molecule has 2 aromatic rings. The minimum absolute atomic E-state index is 0.0798. The van der Waals surface area contributed by atoms with E-state index in [1.54, 1.807) is 18.2 Å². The third kappa shape index (κ3) is 4.38. The number of rotatable bonds is 5. The first kappa shape index (κ1) is 17.0. The Morgan fingerprint density at radius 1 is 0.960 bits per heavy atom. The summed E-state index contributed by atoms with van der Waals surface area (Å²) < 4.78 is 0. The lowest BCUT2D eigenvalue weighted by molar-refractivity contribution is 0.0694. The average Bonchev–Trinajstić information content (AvgIpc) is 2.67. The fourth-order valence-electron chi connectivity index (χ4n) is 3.06. The van der Waals surface area contributed by atoms with Gasteiger partial charge in [0.15, 0.2) is 0 Å². The third-order valence-corrected chi connectivity index (χ3v) is 4.42. The van der Waals surface area contributed by atoms with Crippen molar-refractivity contribution >= 4 is 17.6 Å². The lowest BCUT2D eigenvalue weighted by Gasteiger charge is -2.26. The number of likely N-dealkylation sites (tertiary alicyclic amines) is 1. The number of carbonyl (C=O) groups is 2. The van der Waals surface area contributed by atoms with Crippen LogP contribution in [0.5, 0.6) is 0 Å². The summed E-state index contributed by atoms with van der Waals surface area (Å²) in [5.74, 6) is -0.854. The Hall–Kier alpha value is -2.82. The normalized spacial score (nSPS) is 14.2. The van der Waals surface area contributed by atoms with Gasteiger partial charge in [0.25, 0.3) is 5.91 Å². The standard InChI is InChI=1S/C20H22N2O3/c23-19(22-10-2-1-3-11-22)16-7-5-9-18(13-16)21-14-15-6-4-8-17(12-15)20(24)25/h4-9,12-13,21H,1-3,10-11,14H2,(H,24,25). The lowest BCUT2D eigenvalue weighted by atomic mass is 10.1. The first-order valence-corrected chi connectivity index (χ1v) is 8.59. The number of carbonyl (C=O) groups excluding carboxylic acids is 1. The zero-order valence-corrected chi connectivity index (χ0v) is 14.1. The van der Waals surface area contributed by atoms with E-state index >= 15 is 0 Å². The van der Waals surface area contributed by atoms with Gasteiger partial charge in [0, 0.05) is 30.9 Å². The lowest BCUT2D eigenvalue weighted by Crippen LogP contribution is -2.35. The quantitative estimate of drug-likeness (QED) is 0.873. The molecule has 2 N–H and O–H groups in total. The van der Waals surface area contributed by atoms with Gasteiger partial charge in [-0.15, -0.1) is 0 Å². The number of benzene rings is 2. The van der Waals surface area contributed by atoms with Crippen LogP contribution < -0.4 is 5.32 Å². The number of amides is 1. The van der Waals surface area contributed by atoms with Crippen LogP contribution in [0.3, 0.4) is 0 Å². The van der Waals surface area contributed by atoms with E-state index in [1.165, 1.54) is 6.42 Å². The number of carboxylic acid groups (broad SMARTS) is 1. The van der Waals surface area contributed by atoms with Gasteiger partial charge in [-0.25, -0.2) is 4.79 Å². The summed E-state index contributed by atoms with van der Waals surface area (Å²) in [6, 6.07) is 14.3. The molecule has 5 heteroatoms. The van der Waals surface area contributed by atoms with Crippen LogP contribution in [0, 0.1) is 0 Å². The number of piperidine rings is 1. The van der Waals surface area contributed by atoms with E-state index in [2.05, 4.69) is 5.32 Å². The van der Waals surface area contributed by atoms with Crippen molar-refractivity contribution in [3.63, 3.8) is 0 Å². The van der Waals surface area contributed by atoms with E-state index in [1.807, 2.05) is 35.2 Å². The van der Waals surface area contributed by atoms with Crippen molar-refractivity contribution in [2.45, 2.75) is 25.8 Å². The molecule has 1 amide bonds. The third-order valence-electron chi connectivity index (χ3n) is 4.42. The smallest absolute Gasteiger partial charge is 0.335 e. The van der Waals surface area contributed by atoms with Crippen LogP contribution in [-0.4, -0.2) is 35.0 Å². The van der Waals surface area contributed by atoms with Gasteiger partial charge in [-0.05, 0) is 55.2 Å². The highest BCUT2D eigenvalue weighted by Gasteiger charge is 2.18. The Bertz CT molecular complexity index is 767. The number of nitrogens with one attached hydrogen (secondary N) is 1. The molecule has 1 aliphatic heterocycles. The molecule has 0 radical (unpaired) electrons. The largest absolute Gasteiger partial charge is 0.478 e. The van der Waals surface area contributed by atoms with Gasteiger partial charge in [-0.1, -0.05) is 18.2 Å². The molecule has 0 saturated carbocycles. The molecule has 130 valence electrons. The van der Waals surface area contributed by atoms with Gasteiger partial charge in [-0.2, -0.15) is 0 Å². The Morgan fingerprint density at radius 3 is 2.44 bits per heavy atom. The minimum atomic E-state index is -0.934. The second-order valence-electron chi connectivity index (χ2n) is 6.29. The van der Waals surface area contributed by atoms with Gasteiger partial charge in [-0.3, -0.25) is 4.79 Å². The molecule has 1 aliphatic rings. The average molecular weight is 338 g/mol. The topological polar surface area (TPSA) is 69.6 Å². The van der Waals surface area contributed by atoms with Gasteiger partial charge >= 0.3 is 5.97 Å². The van der Waals surface area contributed by atoms with Crippen LogP contribution in [0.1, 0.15) is 45.5 Å². The number of nitrogens with zero attached hydrogens (tertiary/aromatic N) is 1. The monoisotopic (exact) mass is 338 g/mol. The number of hydrogen-bond acceptors (Lipinski definition) is 3. The van der Waals surface area contributed by atoms with E-state index in [0.29, 0.717) is 12.1 Å². The number of aromatic carboxylic acids is 1. The number of carboxylic acids is 1. The number of hydrogen-bond donors (Lipinski definition) is 2. The molecular weight excluding hydrogens is 316 g/mol. The van der Waals surface area contributed by atoms with Crippen molar-refractivity contribution < 1.29 is 14.7 Å². The van der Waals surface area contributed by atoms with Crippen LogP contribution in [0.2, 0.25) is 0 Å². The summed E-state index contributed by atoms with van der Waals surface area (Å²) in [5, 5.41) is 12.3. The Morgan fingerprint density at radius 2 is 1.68 bits per heavy atom. The Labute approximate surface area is 147 Å². The second kappa shape index (κ2) is 7.83. The predicted molar refractivity (Wildman–Crippen MR) is 96.9 cm³/mol. The van der Waals surface area contributed by atoms with Crippen molar-refractivity contribution in [1.82, 2.24) is 4.90 Å². The second-order valence-corrected chi connectivity index (χ2v) is 6.29. The molecule has 1 saturated heterocycles. The molecule has 0 aliphatic carbocycles. The summed E-state index contributed by atoms with van der Waals surface area (Å²) in [6.45, 7) is 2.17. The SMILES string of the molecule is O=C(O)c1cccc(CNc2cccc(C(=O)N3CCCCC3)c2)c1. The summed E-state index contributed by atoms with van der Waals surface area (Å²) >= 11 is 0. The van der Waals surface area contributed by atoms with Crippen LogP contribution in [0.4, 0.5) is 5.69 Å². The summed E-state index contributed by atoms with van der Waals surface area (Å²) in [7, 11) is 0. The maximum atomic E-state index is 12.6. The summed E-state index contributed by atoms with van der Waals surface area (Å²) in [4.78, 5) is 25.5. The van der Waals surface area contributed by atoms with Crippen molar-refractivity contribution in [3.05, 3.63) is 65.2 Å². The van der Waals surface area contributed by atoms with E-state index < -0.39 is 5.97 Å². The van der Waals surface area contributed by atoms with Gasteiger partial charge in [0.1, 0.15) is 0 Å². The van der Waals surface area contributed by atoms with Crippen molar-refractivity contribution in [2.75, 3.05) is 18.4 Å².